The van der Waals surface area contributed by atoms with Gasteiger partial charge in [-0.05, 0) is 65.5 Å². The van der Waals surface area contributed by atoms with Gasteiger partial charge in [0, 0.05) is 0 Å². The number of ether oxygens (including phenoxy) is 1. The van der Waals surface area contributed by atoms with E-state index < -0.39 is 11.6 Å². The third-order valence-electron chi connectivity index (χ3n) is 3.45. The van der Waals surface area contributed by atoms with Crippen LogP contribution >= 0.6 is 22.6 Å². The SMILES string of the molecule is CCCC1CCC(c2cc(F)c(F)c(I)c2)OC1. The monoisotopic (exact) mass is 366 g/mol. The first-order valence-corrected chi connectivity index (χ1v) is 7.45. The van der Waals surface area contributed by atoms with Crippen molar-refractivity contribution in [3.05, 3.63) is 32.9 Å². The summed E-state index contributed by atoms with van der Waals surface area (Å²) in [5.41, 5.74) is 0.758. The third-order valence-corrected chi connectivity index (χ3v) is 4.23. The topological polar surface area (TPSA) is 9.23 Å². The van der Waals surface area contributed by atoms with Gasteiger partial charge in [-0.3, -0.25) is 0 Å². The molecule has 0 bridgehead atoms. The fraction of sp³-hybridized carbons (Fsp3) is 0.571. The molecule has 0 aliphatic carbocycles. The lowest BCUT2D eigenvalue weighted by atomic mass is 9.92. The van der Waals surface area contributed by atoms with Gasteiger partial charge in [-0.25, -0.2) is 8.78 Å². The molecule has 1 saturated heterocycles. The summed E-state index contributed by atoms with van der Waals surface area (Å²) in [5, 5.41) is 0. The van der Waals surface area contributed by atoms with Crippen molar-refractivity contribution >= 4 is 22.6 Å². The minimum absolute atomic E-state index is 0.0817. The van der Waals surface area contributed by atoms with Crippen molar-refractivity contribution in [1.82, 2.24) is 0 Å². The standard InChI is InChI=1S/C14H17F2IO/c1-2-3-9-4-5-13(18-8-9)10-6-11(15)14(16)12(17)7-10/h6-7,9,13H,2-5,8H2,1H3. The molecule has 18 heavy (non-hydrogen) atoms. The second-order valence-corrected chi connectivity index (χ2v) is 6.01. The Morgan fingerprint density at radius 1 is 1.33 bits per heavy atom. The van der Waals surface area contributed by atoms with Crippen LogP contribution in [-0.2, 0) is 4.74 Å². The molecule has 1 aliphatic heterocycles. The number of hydrogen-bond acceptors (Lipinski definition) is 1. The van der Waals surface area contributed by atoms with Crippen LogP contribution < -0.4 is 0 Å². The lowest BCUT2D eigenvalue weighted by Gasteiger charge is -2.29. The normalized spacial score (nSPS) is 24.2. The average Bonchev–Trinajstić information content (AvgIpc) is 2.37. The van der Waals surface area contributed by atoms with Crippen molar-refractivity contribution in [2.45, 2.75) is 38.7 Å². The van der Waals surface area contributed by atoms with Gasteiger partial charge in [0.2, 0.25) is 0 Å². The van der Waals surface area contributed by atoms with E-state index in [1.807, 2.05) is 22.6 Å². The highest BCUT2D eigenvalue weighted by Crippen LogP contribution is 2.33. The predicted octanol–water partition coefficient (Wildman–Crippen LogP) is 4.84. The van der Waals surface area contributed by atoms with E-state index in [4.69, 9.17) is 4.74 Å². The molecule has 1 fully saturated rings. The molecule has 0 spiro atoms. The summed E-state index contributed by atoms with van der Waals surface area (Å²) >= 11 is 1.82. The van der Waals surface area contributed by atoms with Crippen LogP contribution in [0.4, 0.5) is 8.78 Å². The van der Waals surface area contributed by atoms with Crippen LogP contribution in [0.3, 0.4) is 0 Å². The first-order chi connectivity index (χ1) is 8.61. The molecular weight excluding hydrogens is 349 g/mol. The van der Waals surface area contributed by atoms with Crippen LogP contribution in [0.15, 0.2) is 12.1 Å². The van der Waals surface area contributed by atoms with Gasteiger partial charge in [-0.2, -0.15) is 0 Å². The molecule has 1 nitrogen and oxygen atoms in total. The number of hydrogen-bond donors (Lipinski definition) is 0. The van der Waals surface area contributed by atoms with Gasteiger partial charge in [0.05, 0.1) is 16.3 Å². The van der Waals surface area contributed by atoms with Gasteiger partial charge >= 0.3 is 0 Å². The molecule has 1 aromatic rings. The van der Waals surface area contributed by atoms with Crippen LogP contribution in [0.5, 0.6) is 0 Å². The predicted molar refractivity (Wildman–Crippen MR) is 75.4 cm³/mol. The quantitative estimate of drug-likeness (QED) is 0.550. The molecule has 100 valence electrons. The van der Waals surface area contributed by atoms with Crippen LogP contribution in [0.1, 0.15) is 44.3 Å². The Balaban J connectivity index is 2.05. The Morgan fingerprint density at radius 2 is 2.11 bits per heavy atom. The van der Waals surface area contributed by atoms with E-state index in [0.717, 1.165) is 25.0 Å². The molecule has 0 aromatic heterocycles. The zero-order valence-corrected chi connectivity index (χ0v) is 12.5. The van der Waals surface area contributed by atoms with E-state index in [0.29, 0.717) is 9.49 Å². The summed E-state index contributed by atoms with van der Waals surface area (Å²) in [6.07, 6.45) is 4.27. The molecule has 4 heteroatoms. The van der Waals surface area contributed by atoms with Gasteiger partial charge in [-0.15, -0.1) is 0 Å². The Bertz CT molecular complexity index is 391. The maximum absolute atomic E-state index is 13.4. The fourth-order valence-electron chi connectivity index (χ4n) is 2.47. The summed E-state index contributed by atoms with van der Waals surface area (Å²) in [7, 11) is 0. The average molecular weight is 366 g/mol. The molecule has 0 saturated carbocycles. The highest BCUT2D eigenvalue weighted by atomic mass is 127. The van der Waals surface area contributed by atoms with Crippen LogP contribution in [0.25, 0.3) is 0 Å². The van der Waals surface area contributed by atoms with Crippen LogP contribution in [0, 0.1) is 21.1 Å². The van der Waals surface area contributed by atoms with E-state index in [1.165, 1.54) is 18.9 Å². The minimum atomic E-state index is -0.781. The molecule has 2 atom stereocenters. The van der Waals surface area contributed by atoms with E-state index >= 15 is 0 Å². The second-order valence-electron chi connectivity index (χ2n) is 4.85. The molecule has 2 rings (SSSR count). The molecule has 0 N–H and O–H groups in total. The summed E-state index contributed by atoms with van der Waals surface area (Å²) in [6, 6.07) is 2.95. The number of benzene rings is 1. The molecule has 0 amide bonds. The first kappa shape index (κ1) is 14.2. The lowest BCUT2D eigenvalue weighted by Crippen LogP contribution is -2.20. The Kier molecular flexibility index (Phi) is 4.95. The highest BCUT2D eigenvalue weighted by Gasteiger charge is 2.24. The van der Waals surface area contributed by atoms with E-state index in [9.17, 15) is 8.78 Å². The van der Waals surface area contributed by atoms with Crippen molar-refractivity contribution in [2.24, 2.45) is 5.92 Å². The Hall–Kier alpha value is -0.230. The third kappa shape index (κ3) is 3.20. The van der Waals surface area contributed by atoms with Crippen molar-refractivity contribution in [3.63, 3.8) is 0 Å². The van der Waals surface area contributed by atoms with Crippen LogP contribution in [0.2, 0.25) is 0 Å². The van der Waals surface area contributed by atoms with Crippen molar-refractivity contribution in [3.8, 4) is 0 Å². The van der Waals surface area contributed by atoms with Crippen molar-refractivity contribution in [1.29, 1.82) is 0 Å². The second kappa shape index (κ2) is 6.28. The molecule has 1 heterocycles. The first-order valence-electron chi connectivity index (χ1n) is 6.37. The van der Waals surface area contributed by atoms with Gasteiger partial charge < -0.3 is 4.74 Å². The summed E-state index contributed by atoms with van der Waals surface area (Å²) < 4.78 is 32.7. The highest BCUT2D eigenvalue weighted by molar-refractivity contribution is 14.1. The largest absolute Gasteiger partial charge is 0.373 e. The molecule has 1 aromatic carbocycles. The van der Waals surface area contributed by atoms with Gasteiger partial charge in [0.25, 0.3) is 0 Å². The molecule has 2 unspecified atom stereocenters. The number of halogens is 3. The van der Waals surface area contributed by atoms with E-state index in [-0.39, 0.29) is 6.10 Å². The van der Waals surface area contributed by atoms with Crippen LogP contribution in [-0.4, -0.2) is 6.61 Å². The lowest BCUT2D eigenvalue weighted by molar-refractivity contribution is -0.0196. The molecule has 1 aliphatic rings. The maximum atomic E-state index is 13.4. The number of rotatable bonds is 3. The zero-order chi connectivity index (χ0) is 13.1. The summed E-state index contributed by atoms with van der Waals surface area (Å²) in [6.45, 7) is 2.90. The molecule has 0 radical (unpaired) electrons. The zero-order valence-electron chi connectivity index (χ0n) is 10.4. The Morgan fingerprint density at radius 3 is 2.67 bits per heavy atom. The van der Waals surface area contributed by atoms with Gasteiger partial charge in [0.1, 0.15) is 0 Å². The minimum Gasteiger partial charge on any atom is -0.373 e. The van der Waals surface area contributed by atoms with E-state index in [2.05, 4.69) is 6.92 Å². The summed E-state index contributed by atoms with van der Waals surface area (Å²) in [5.74, 6) is -0.925. The Labute approximate surface area is 120 Å². The van der Waals surface area contributed by atoms with Crippen molar-refractivity contribution in [2.75, 3.05) is 6.61 Å². The summed E-state index contributed by atoms with van der Waals surface area (Å²) in [4.78, 5) is 0. The van der Waals surface area contributed by atoms with Gasteiger partial charge in [0.15, 0.2) is 11.6 Å². The van der Waals surface area contributed by atoms with E-state index in [1.54, 1.807) is 6.07 Å². The molecular formula is C14H17F2IO. The maximum Gasteiger partial charge on any atom is 0.172 e. The van der Waals surface area contributed by atoms with Crippen molar-refractivity contribution < 1.29 is 13.5 Å². The smallest absolute Gasteiger partial charge is 0.172 e. The van der Waals surface area contributed by atoms with Gasteiger partial charge in [-0.1, -0.05) is 13.3 Å². The fourth-order valence-corrected chi connectivity index (χ4v) is 3.08.